The van der Waals surface area contributed by atoms with Gasteiger partial charge >= 0.3 is 0 Å². The van der Waals surface area contributed by atoms with Crippen LogP contribution in [0.25, 0.3) is 0 Å². The predicted molar refractivity (Wildman–Crippen MR) is 101 cm³/mol. The first kappa shape index (κ1) is 18.3. The van der Waals surface area contributed by atoms with E-state index in [1.807, 2.05) is 6.07 Å². The Morgan fingerprint density at radius 1 is 1.20 bits per heavy atom. The minimum Gasteiger partial charge on any atom is -0.325 e. The number of hydrogen-bond donors (Lipinski definition) is 1. The van der Waals surface area contributed by atoms with Gasteiger partial charge in [0, 0.05) is 43.3 Å². The molecule has 0 spiro atoms. The number of amides is 1. The van der Waals surface area contributed by atoms with Gasteiger partial charge in [-0.15, -0.1) is 11.3 Å². The van der Waals surface area contributed by atoms with E-state index in [-0.39, 0.29) is 11.7 Å². The van der Waals surface area contributed by atoms with Crippen molar-refractivity contribution in [3.05, 3.63) is 50.9 Å². The number of hydrogen-bond acceptors (Lipinski definition) is 4. The highest BCUT2D eigenvalue weighted by molar-refractivity contribution is 7.16. The van der Waals surface area contributed by atoms with Gasteiger partial charge in [0.15, 0.2) is 0 Å². The van der Waals surface area contributed by atoms with Crippen molar-refractivity contribution in [3.8, 4) is 0 Å². The Balaban J connectivity index is 1.43. The molecule has 0 bridgehead atoms. The lowest BCUT2D eigenvalue weighted by Crippen LogP contribution is -2.48. The number of halogens is 2. The van der Waals surface area contributed by atoms with Crippen LogP contribution in [0.15, 0.2) is 30.3 Å². The van der Waals surface area contributed by atoms with E-state index >= 15 is 0 Å². The maximum absolute atomic E-state index is 13.5. The van der Waals surface area contributed by atoms with Crippen LogP contribution in [0.1, 0.15) is 10.4 Å². The number of carbonyl (C=O) groups excluding carboxylic acids is 1. The van der Waals surface area contributed by atoms with Crippen LogP contribution in [0.2, 0.25) is 4.34 Å². The molecule has 1 aromatic heterocycles. The topological polar surface area (TPSA) is 35.6 Å². The fourth-order valence-corrected chi connectivity index (χ4v) is 3.97. The normalized spacial score (nSPS) is 16.1. The van der Waals surface area contributed by atoms with Gasteiger partial charge in [0.05, 0.1) is 10.9 Å². The predicted octanol–water partition coefficient (Wildman–Crippen LogP) is 3.61. The summed E-state index contributed by atoms with van der Waals surface area (Å²) < 4.78 is 14.4. The average molecular weight is 382 g/mol. The number of benzene rings is 1. The second kappa shape index (κ2) is 8.27. The van der Waals surface area contributed by atoms with Crippen LogP contribution in [0.4, 0.5) is 10.1 Å². The molecule has 1 aliphatic rings. The van der Waals surface area contributed by atoms with Crippen molar-refractivity contribution in [2.75, 3.05) is 38.0 Å². The summed E-state index contributed by atoms with van der Waals surface area (Å²) in [6.45, 7) is 6.45. The third-order valence-electron chi connectivity index (χ3n) is 4.30. The summed E-state index contributed by atoms with van der Waals surface area (Å²) in [5.41, 5.74) is 1.07. The lowest BCUT2D eigenvalue weighted by Gasteiger charge is -2.34. The summed E-state index contributed by atoms with van der Waals surface area (Å²) in [6.07, 6.45) is 0. The van der Waals surface area contributed by atoms with Gasteiger partial charge in [0.25, 0.3) is 0 Å². The summed E-state index contributed by atoms with van der Waals surface area (Å²) >= 11 is 7.58. The van der Waals surface area contributed by atoms with Crippen molar-refractivity contribution in [2.24, 2.45) is 0 Å². The van der Waals surface area contributed by atoms with Crippen molar-refractivity contribution in [1.29, 1.82) is 0 Å². The van der Waals surface area contributed by atoms with Crippen molar-refractivity contribution >= 4 is 34.5 Å². The molecule has 1 aliphatic heterocycles. The quantitative estimate of drug-likeness (QED) is 0.859. The molecule has 1 amide bonds. The number of carbonyl (C=O) groups is 1. The highest BCUT2D eigenvalue weighted by Gasteiger charge is 2.19. The third kappa shape index (κ3) is 5.25. The minimum atomic E-state index is -0.305. The second-order valence-electron chi connectivity index (χ2n) is 6.27. The van der Waals surface area contributed by atoms with Crippen molar-refractivity contribution < 1.29 is 9.18 Å². The number of thiophene rings is 1. The van der Waals surface area contributed by atoms with Crippen LogP contribution in [0.5, 0.6) is 0 Å². The third-order valence-corrected chi connectivity index (χ3v) is 5.51. The molecule has 1 fully saturated rings. The summed E-state index contributed by atoms with van der Waals surface area (Å²) in [6, 6.07) is 8.74. The van der Waals surface area contributed by atoms with Crippen LogP contribution >= 0.6 is 22.9 Å². The lowest BCUT2D eigenvalue weighted by molar-refractivity contribution is -0.117. The molecule has 0 saturated carbocycles. The summed E-state index contributed by atoms with van der Waals surface area (Å²) in [5.74, 6) is -0.415. The Hall–Kier alpha value is -1.47. The molecule has 0 radical (unpaired) electrons. The van der Waals surface area contributed by atoms with Gasteiger partial charge in [-0.05, 0) is 36.8 Å². The molecule has 0 aliphatic carbocycles. The smallest absolute Gasteiger partial charge is 0.238 e. The number of nitrogens with zero attached hydrogens (tertiary/aromatic N) is 2. The molecule has 1 saturated heterocycles. The maximum atomic E-state index is 13.5. The summed E-state index contributed by atoms with van der Waals surface area (Å²) in [4.78, 5) is 17.9. The highest BCUT2D eigenvalue weighted by atomic mass is 35.5. The van der Waals surface area contributed by atoms with Crippen LogP contribution in [0.3, 0.4) is 0 Å². The molecule has 2 aromatic rings. The number of aryl methyl sites for hydroxylation is 1. The van der Waals surface area contributed by atoms with Crippen molar-refractivity contribution in [3.63, 3.8) is 0 Å². The molecule has 2 heterocycles. The number of nitrogens with one attached hydrogen (secondary N) is 1. The molecule has 25 heavy (non-hydrogen) atoms. The van der Waals surface area contributed by atoms with Gasteiger partial charge in [0.1, 0.15) is 5.82 Å². The molecule has 1 aromatic carbocycles. The fraction of sp³-hybridized carbons (Fsp3) is 0.389. The molecule has 3 rings (SSSR count). The van der Waals surface area contributed by atoms with Gasteiger partial charge in [-0.2, -0.15) is 0 Å². The van der Waals surface area contributed by atoms with E-state index in [9.17, 15) is 9.18 Å². The Morgan fingerprint density at radius 3 is 2.56 bits per heavy atom. The number of piperazine rings is 1. The number of anilines is 1. The van der Waals surface area contributed by atoms with Crippen LogP contribution < -0.4 is 5.32 Å². The summed E-state index contributed by atoms with van der Waals surface area (Å²) in [7, 11) is 0. The molecule has 7 heteroatoms. The molecule has 134 valence electrons. The SMILES string of the molecule is Cc1ccc(NC(=O)CN2CCN(Cc3ccc(Cl)s3)CC2)cc1F. The van der Waals surface area contributed by atoms with Crippen LogP contribution in [-0.2, 0) is 11.3 Å². The first-order chi connectivity index (χ1) is 12.0. The fourth-order valence-electron chi connectivity index (χ4n) is 2.84. The molecular weight excluding hydrogens is 361 g/mol. The van der Waals surface area contributed by atoms with Gasteiger partial charge in [-0.1, -0.05) is 17.7 Å². The van der Waals surface area contributed by atoms with Gasteiger partial charge in [-0.25, -0.2) is 4.39 Å². The minimum absolute atomic E-state index is 0.109. The second-order valence-corrected chi connectivity index (χ2v) is 8.07. The standard InChI is InChI=1S/C18H21ClFN3OS/c1-13-2-3-14(10-16(13)20)21-18(24)12-23-8-6-22(7-9-23)11-15-4-5-17(19)25-15/h2-5,10H,6-9,11-12H2,1H3,(H,21,24). The van der Waals surface area contributed by atoms with Gasteiger partial charge in [-0.3, -0.25) is 14.6 Å². The van der Waals surface area contributed by atoms with Crippen molar-refractivity contribution in [1.82, 2.24) is 9.80 Å². The van der Waals surface area contributed by atoms with Gasteiger partial charge in [0.2, 0.25) is 5.91 Å². The summed E-state index contributed by atoms with van der Waals surface area (Å²) in [5, 5.41) is 2.76. The average Bonchev–Trinajstić information content (AvgIpc) is 2.98. The molecule has 0 atom stereocenters. The first-order valence-electron chi connectivity index (χ1n) is 8.24. The first-order valence-corrected chi connectivity index (χ1v) is 9.44. The molecule has 0 unspecified atom stereocenters. The monoisotopic (exact) mass is 381 g/mol. The Bertz CT molecular complexity index is 744. The molecular formula is C18H21ClFN3OS. The van der Waals surface area contributed by atoms with E-state index in [1.165, 1.54) is 10.9 Å². The van der Waals surface area contributed by atoms with E-state index in [2.05, 4.69) is 21.2 Å². The molecule has 1 N–H and O–H groups in total. The Labute approximate surface area is 156 Å². The lowest BCUT2D eigenvalue weighted by atomic mass is 10.2. The largest absolute Gasteiger partial charge is 0.325 e. The Morgan fingerprint density at radius 2 is 1.92 bits per heavy atom. The van der Waals surface area contributed by atoms with Crippen LogP contribution in [-0.4, -0.2) is 48.4 Å². The van der Waals surface area contributed by atoms with E-state index < -0.39 is 0 Å². The Kier molecular flexibility index (Phi) is 6.06. The zero-order valence-corrected chi connectivity index (χ0v) is 15.7. The maximum Gasteiger partial charge on any atom is 0.238 e. The van der Waals surface area contributed by atoms with Crippen molar-refractivity contribution in [2.45, 2.75) is 13.5 Å². The van der Waals surface area contributed by atoms with E-state index in [0.717, 1.165) is 37.1 Å². The van der Waals surface area contributed by atoms with Gasteiger partial charge < -0.3 is 5.32 Å². The molecule has 4 nitrogen and oxygen atoms in total. The highest BCUT2D eigenvalue weighted by Crippen LogP contribution is 2.23. The number of rotatable bonds is 5. The van der Waals surface area contributed by atoms with Crippen LogP contribution in [0, 0.1) is 12.7 Å². The van der Waals surface area contributed by atoms with E-state index in [1.54, 1.807) is 30.4 Å². The zero-order valence-electron chi connectivity index (χ0n) is 14.1. The zero-order chi connectivity index (χ0) is 17.8. The van der Waals surface area contributed by atoms with E-state index in [4.69, 9.17) is 11.6 Å². The van der Waals surface area contributed by atoms with E-state index in [0.29, 0.717) is 17.8 Å².